The number of rotatable bonds is 7. The van der Waals surface area contributed by atoms with E-state index in [0.29, 0.717) is 11.6 Å². The van der Waals surface area contributed by atoms with Crippen LogP contribution in [0.4, 0.5) is 5.69 Å². The number of aromatic nitrogens is 1. The van der Waals surface area contributed by atoms with E-state index in [4.69, 9.17) is 0 Å². The molecule has 0 saturated heterocycles. The standard InChI is InChI=1S/C14H22N4O/c1-18(2)7-3-6-16-13-8-11(9-15-10-13)14(19)17-12-4-5-12/h8-10,12,16H,3-7H2,1-2H3,(H,17,19). The first kappa shape index (κ1) is 13.8. The van der Waals surface area contributed by atoms with Gasteiger partial charge in [0.2, 0.25) is 0 Å². The molecule has 1 aliphatic carbocycles. The Morgan fingerprint density at radius 3 is 2.89 bits per heavy atom. The fraction of sp³-hybridized carbons (Fsp3) is 0.571. The van der Waals surface area contributed by atoms with Crippen LogP contribution in [-0.2, 0) is 0 Å². The SMILES string of the molecule is CN(C)CCCNc1cncc(C(=O)NC2CC2)c1. The van der Waals surface area contributed by atoms with Gasteiger partial charge < -0.3 is 15.5 Å². The number of nitrogens with one attached hydrogen (secondary N) is 2. The summed E-state index contributed by atoms with van der Waals surface area (Å²) in [5, 5.41) is 6.26. The fourth-order valence-electron chi connectivity index (χ4n) is 1.79. The van der Waals surface area contributed by atoms with Crippen molar-refractivity contribution < 1.29 is 4.79 Å². The van der Waals surface area contributed by atoms with Gasteiger partial charge in [0.15, 0.2) is 0 Å². The first-order chi connectivity index (χ1) is 9.15. The third kappa shape index (κ3) is 4.87. The summed E-state index contributed by atoms with van der Waals surface area (Å²) in [4.78, 5) is 18.1. The van der Waals surface area contributed by atoms with Crippen molar-refractivity contribution in [3.8, 4) is 0 Å². The van der Waals surface area contributed by atoms with E-state index in [9.17, 15) is 4.79 Å². The van der Waals surface area contributed by atoms with Crippen LogP contribution in [0.2, 0.25) is 0 Å². The second kappa shape index (κ2) is 6.52. The van der Waals surface area contributed by atoms with Gasteiger partial charge in [0, 0.05) is 25.0 Å². The van der Waals surface area contributed by atoms with Crippen LogP contribution in [0.5, 0.6) is 0 Å². The van der Waals surface area contributed by atoms with Crippen molar-refractivity contribution in [2.45, 2.75) is 25.3 Å². The van der Waals surface area contributed by atoms with Crippen molar-refractivity contribution in [2.24, 2.45) is 0 Å². The van der Waals surface area contributed by atoms with E-state index in [1.165, 1.54) is 0 Å². The summed E-state index contributed by atoms with van der Waals surface area (Å²) in [7, 11) is 4.12. The van der Waals surface area contributed by atoms with Gasteiger partial charge in [-0.2, -0.15) is 0 Å². The minimum absolute atomic E-state index is 0.0214. The number of carbonyl (C=O) groups is 1. The lowest BCUT2D eigenvalue weighted by molar-refractivity contribution is 0.0951. The molecule has 19 heavy (non-hydrogen) atoms. The van der Waals surface area contributed by atoms with Crippen molar-refractivity contribution in [1.29, 1.82) is 0 Å². The third-order valence-corrected chi connectivity index (χ3v) is 3.02. The van der Waals surface area contributed by atoms with Crippen LogP contribution in [0, 0.1) is 0 Å². The number of anilines is 1. The molecule has 104 valence electrons. The molecule has 1 amide bonds. The van der Waals surface area contributed by atoms with E-state index in [1.807, 2.05) is 6.07 Å². The van der Waals surface area contributed by atoms with E-state index in [-0.39, 0.29) is 5.91 Å². The quantitative estimate of drug-likeness (QED) is 0.728. The van der Waals surface area contributed by atoms with E-state index in [2.05, 4.69) is 34.6 Å². The molecular weight excluding hydrogens is 240 g/mol. The minimum atomic E-state index is -0.0214. The molecule has 0 atom stereocenters. The van der Waals surface area contributed by atoms with Crippen LogP contribution in [0.1, 0.15) is 29.6 Å². The first-order valence-electron chi connectivity index (χ1n) is 6.79. The molecule has 0 spiro atoms. The Morgan fingerprint density at radius 1 is 1.42 bits per heavy atom. The molecule has 5 heteroatoms. The second-order valence-corrected chi connectivity index (χ2v) is 5.29. The number of pyridine rings is 1. The molecule has 0 aromatic carbocycles. The molecule has 0 bridgehead atoms. The molecule has 5 nitrogen and oxygen atoms in total. The Hall–Kier alpha value is -1.62. The van der Waals surface area contributed by atoms with Crippen molar-refractivity contribution >= 4 is 11.6 Å². The zero-order valence-electron chi connectivity index (χ0n) is 11.6. The minimum Gasteiger partial charge on any atom is -0.384 e. The molecule has 0 radical (unpaired) electrons. The summed E-state index contributed by atoms with van der Waals surface area (Å²) in [6.07, 6.45) is 6.63. The fourth-order valence-corrected chi connectivity index (χ4v) is 1.79. The Morgan fingerprint density at radius 2 is 2.21 bits per heavy atom. The smallest absolute Gasteiger partial charge is 0.253 e. The van der Waals surface area contributed by atoms with Crippen LogP contribution in [0.15, 0.2) is 18.5 Å². The van der Waals surface area contributed by atoms with Crippen LogP contribution in [0.3, 0.4) is 0 Å². The Kier molecular flexibility index (Phi) is 4.74. The van der Waals surface area contributed by atoms with Gasteiger partial charge in [0.05, 0.1) is 11.3 Å². The van der Waals surface area contributed by atoms with Crippen LogP contribution in [0.25, 0.3) is 0 Å². The molecule has 1 heterocycles. The van der Waals surface area contributed by atoms with Crippen molar-refractivity contribution in [1.82, 2.24) is 15.2 Å². The van der Waals surface area contributed by atoms with Gasteiger partial charge in [-0.3, -0.25) is 9.78 Å². The lowest BCUT2D eigenvalue weighted by atomic mass is 10.2. The Balaban J connectivity index is 1.82. The van der Waals surface area contributed by atoms with E-state index < -0.39 is 0 Å². The van der Waals surface area contributed by atoms with Gasteiger partial charge >= 0.3 is 0 Å². The van der Waals surface area contributed by atoms with E-state index in [0.717, 1.165) is 38.0 Å². The number of amides is 1. The average molecular weight is 262 g/mol. The number of hydrogen-bond acceptors (Lipinski definition) is 4. The molecule has 1 aromatic heterocycles. The van der Waals surface area contributed by atoms with Gasteiger partial charge in [0.1, 0.15) is 0 Å². The number of carbonyl (C=O) groups excluding carboxylic acids is 1. The molecule has 1 aliphatic rings. The van der Waals surface area contributed by atoms with E-state index in [1.54, 1.807) is 12.4 Å². The van der Waals surface area contributed by atoms with Gasteiger partial charge in [-0.1, -0.05) is 0 Å². The lowest BCUT2D eigenvalue weighted by Gasteiger charge is -2.11. The van der Waals surface area contributed by atoms with Crippen molar-refractivity contribution in [3.05, 3.63) is 24.0 Å². The molecule has 2 N–H and O–H groups in total. The average Bonchev–Trinajstić information content (AvgIpc) is 3.19. The molecule has 1 aromatic rings. The highest BCUT2D eigenvalue weighted by Gasteiger charge is 2.23. The Bertz CT molecular complexity index is 429. The van der Waals surface area contributed by atoms with Crippen LogP contribution in [-0.4, -0.2) is 49.0 Å². The molecule has 0 unspecified atom stereocenters. The summed E-state index contributed by atoms with van der Waals surface area (Å²) in [6, 6.07) is 2.24. The van der Waals surface area contributed by atoms with Crippen LogP contribution < -0.4 is 10.6 Å². The van der Waals surface area contributed by atoms with Crippen LogP contribution >= 0.6 is 0 Å². The molecular formula is C14H22N4O. The topological polar surface area (TPSA) is 57.3 Å². The maximum atomic E-state index is 11.9. The summed E-state index contributed by atoms with van der Waals surface area (Å²) in [5.74, 6) is -0.0214. The second-order valence-electron chi connectivity index (χ2n) is 5.29. The van der Waals surface area contributed by atoms with Crippen molar-refractivity contribution in [3.63, 3.8) is 0 Å². The third-order valence-electron chi connectivity index (χ3n) is 3.02. The first-order valence-corrected chi connectivity index (χ1v) is 6.79. The maximum absolute atomic E-state index is 11.9. The maximum Gasteiger partial charge on any atom is 0.253 e. The molecule has 1 saturated carbocycles. The highest BCUT2D eigenvalue weighted by molar-refractivity contribution is 5.95. The van der Waals surface area contributed by atoms with Gasteiger partial charge in [-0.05, 0) is 46.0 Å². The van der Waals surface area contributed by atoms with Gasteiger partial charge in [-0.25, -0.2) is 0 Å². The molecule has 2 rings (SSSR count). The summed E-state index contributed by atoms with van der Waals surface area (Å²) >= 11 is 0. The van der Waals surface area contributed by atoms with Gasteiger partial charge in [0.25, 0.3) is 5.91 Å². The summed E-state index contributed by atoms with van der Waals surface area (Å²) < 4.78 is 0. The Labute approximate surface area is 114 Å². The zero-order valence-corrected chi connectivity index (χ0v) is 11.6. The van der Waals surface area contributed by atoms with Crippen molar-refractivity contribution in [2.75, 3.05) is 32.5 Å². The predicted octanol–water partition coefficient (Wildman–Crippen LogP) is 1.34. The van der Waals surface area contributed by atoms with Gasteiger partial charge in [-0.15, -0.1) is 0 Å². The number of hydrogen-bond donors (Lipinski definition) is 2. The largest absolute Gasteiger partial charge is 0.384 e. The van der Waals surface area contributed by atoms with E-state index >= 15 is 0 Å². The lowest BCUT2D eigenvalue weighted by Crippen LogP contribution is -2.25. The predicted molar refractivity (Wildman–Crippen MR) is 76.4 cm³/mol. The summed E-state index contributed by atoms with van der Waals surface area (Å²) in [5.41, 5.74) is 1.53. The molecule has 0 aliphatic heterocycles. The highest BCUT2D eigenvalue weighted by Crippen LogP contribution is 2.19. The monoisotopic (exact) mass is 262 g/mol. The molecule has 1 fully saturated rings. The highest BCUT2D eigenvalue weighted by atomic mass is 16.1. The summed E-state index contributed by atoms with van der Waals surface area (Å²) in [6.45, 7) is 1.93. The normalized spacial score (nSPS) is 14.5. The number of nitrogens with zero attached hydrogens (tertiary/aromatic N) is 2. The zero-order chi connectivity index (χ0) is 13.7.